The van der Waals surface area contributed by atoms with Crippen molar-refractivity contribution in [3.05, 3.63) is 74.9 Å². The van der Waals surface area contributed by atoms with Gasteiger partial charge >= 0.3 is 5.69 Å². The molecule has 2 aromatic carbocycles. The molecule has 11 heteroatoms. The van der Waals surface area contributed by atoms with Gasteiger partial charge in [-0.25, -0.2) is 9.78 Å². The van der Waals surface area contributed by atoms with Gasteiger partial charge in [-0.15, -0.1) is 0 Å². The standard InChI is InChI=1S/C24H25N5O5S/c1-3-34-16-10-8-15(9-11-16)29-18-7-5-4-6-17(18)26-24(29)35-14-19(30)20-21(25)28(12-13-33-2)23(32)27-22(20)31/h4-11H,3,12-14,25H2,1-2H3,(H,27,31,32). The van der Waals surface area contributed by atoms with E-state index in [1.54, 1.807) is 0 Å². The molecule has 0 saturated carbocycles. The molecule has 0 bridgehead atoms. The highest BCUT2D eigenvalue weighted by Gasteiger charge is 2.21. The van der Waals surface area contributed by atoms with Crippen molar-refractivity contribution in [3.8, 4) is 11.4 Å². The summed E-state index contributed by atoms with van der Waals surface area (Å²) in [5.74, 6) is -0.0363. The van der Waals surface area contributed by atoms with Crippen LogP contribution in [0.25, 0.3) is 16.7 Å². The van der Waals surface area contributed by atoms with E-state index in [0.29, 0.717) is 11.8 Å². The molecule has 0 spiro atoms. The number of ketones is 1. The molecule has 10 nitrogen and oxygen atoms in total. The third-order valence-corrected chi connectivity index (χ3v) is 6.24. The molecule has 4 aromatic rings. The van der Waals surface area contributed by atoms with Crippen LogP contribution in [0.1, 0.15) is 17.3 Å². The maximum atomic E-state index is 13.1. The minimum Gasteiger partial charge on any atom is -0.494 e. The van der Waals surface area contributed by atoms with Gasteiger partial charge in [0.05, 0.1) is 36.5 Å². The number of thioether (sulfide) groups is 1. The van der Waals surface area contributed by atoms with Crippen molar-refractivity contribution in [2.24, 2.45) is 0 Å². The second-order valence-corrected chi connectivity index (χ2v) is 8.46. The summed E-state index contributed by atoms with van der Waals surface area (Å²) in [7, 11) is 1.48. The second-order valence-electron chi connectivity index (χ2n) is 7.52. The summed E-state index contributed by atoms with van der Waals surface area (Å²) < 4.78 is 13.6. The van der Waals surface area contributed by atoms with Crippen molar-refractivity contribution in [1.29, 1.82) is 0 Å². The zero-order valence-corrected chi connectivity index (χ0v) is 20.1. The first-order valence-corrected chi connectivity index (χ1v) is 11.9. The van der Waals surface area contributed by atoms with Gasteiger partial charge in [0.15, 0.2) is 10.9 Å². The number of fused-ring (bicyclic) bond motifs is 1. The highest BCUT2D eigenvalue weighted by Crippen LogP contribution is 2.29. The molecule has 0 unspecified atom stereocenters. The molecule has 3 N–H and O–H groups in total. The fourth-order valence-electron chi connectivity index (χ4n) is 3.67. The molecule has 0 aliphatic heterocycles. The first kappa shape index (κ1) is 24.3. The van der Waals surface area contributed by atoms with E-state index in [2.05, 4.69) is 9.97 Å². The van der Waals surface area contributed by atoms with Crippen LogP contribution in [0.2, 0.25) is 0 Å². The number of ether oxygens (including phenoxy) is 2. The molecule has 0 radical (unpaired) electrons. The number of nitrogen functional groups attached to an aromatic ring is 1. The van der Waals surface area contributed by atoms with Crippen LogP contribution in [0, 0.1) is 0 Å². The summed E-state index contributed by atoms with van der Waals surface area (Å²) in [4.78, 5) is 44.4. The first-order valence-electron chi connectivity index (χ1n) is 10.9. The molecular formula is C24H25N5O5S. The minimum atomic E-state index is -0.813. The lowest BCUT2D eigenvalue weighted by Crippen LogP contribution is -2.37. The van der Waals surface area contributed by atoms with Crippen molar-refractivity contribution in [3.63, 3.8) is 0 Å². The zero-order chi connectivity index (χ0) is 24.9. The number of nitrogens with one attached hydrogen (secondary N) is 1. The number of aromatic amines is 1. The van der Waals surface area contributed by atoms with Gasteiger partial charge in [-0.2, -0.15) is 0 Å². The molecule has 2 aromatic heterocycles. The van der Waals surface area contributed by atoms with E-state index in [1.165, 1.54) is 18.9 Å². The second kappa shape index (κ2) is 10.6. The molecule has 2 heterocycles. The lowest BCUT2D eigenvalue weighted by atomic mass is 10.2. The van der Waals surface area contributed by atoms with Gasteiger partial charge in [-0.3, -0.25) is 23.7 Å². The molecule has 0 atom stereocenters. The summed E-state index contributed by atoms with van der Waals surface area (Å²) in [6, 6.07) is 15.2. The summed E-state index contributed by atoms with van der Waals surface area (Å²) in [6.07, 6.45) is 0. The number of nitrogens with zero attached hydrogens (tertiary/aromatic N) is 3. The monoisotopic (exact) mass is 495 g/mol. The van der Waals surface area contributed by atoms with Gasteiger partial charge in [0.1, 0.15) is 17.1 Å². The number of benzene rings is 2. The van der Waals surface area contributed by atoms with E-state index in [4.69, 9.17) is 15.2 Å². The maximum absolute atomic E-state index is 13.1. The number of Topliss-reactive ketones (excluding diaryl/α,β-unsaturated/α-hetero) is 1. The molecule has 35 heavy (non-hydrogen) atoms. The zero-order valence-electron chi connectivity index (χ0n) is 19.3. The lowest BCUT2D eigenvalue weighted by molar-refractivity contribution is 0.102. The number of H-pyrrole nitrogens is 1. The molecule has 4 rings (SSSR count). The third kappa shape index (κ3) is 5.00. The fourth-order valence-corrected chi connectivity index (χ4v) is 4.57. The quantitative estimate of drug-likeness (QED) is 0.253. The number of nitrogens with two attached hydrogens (primary N) is 1. The lowest BCUT2D eigenvalue weighted by Gasteiger charge is -2.12. The largest absolute Gasteiger partial charge is 0.494 e. The Morgan fingerprint density at radius 1 is 1.14 bits per heavy atom. The van der Waals surface area contributed by atoms with Crippen LogP contribution < -0.4 is 21.7 Å². The summed E-state index contributed by atoms with van der Waals surface area (Å²) in [5, 5.41) is 0.575. The normalized spacial score (nSPS) is 11.1. The van der Waals surface area contributed by atoms with E-state index < -0.39 is 17.0 Å². The minimum absolute atomic E-state index is 0.101. The van der Waals surface area contributed by atoms with Crippen molar-refractivity contribution < 1.29 is 14.3 Å². The van der Waals surface area contributed by atoms with E-state index in [-0.39, 0.29) is 30.3 Å². The maximum Gasteiger partial charge on any atom is 0.330 e. The van der Waals surface area contributed by atoms with E-state index in [1.807, 2.05) is 60.0 Å². The Kier molecular flexibility index (Phi) is 7.37. The van der Waals surface area contributed by atoms with Gasteiger partial charge in [-0.1, -0.05) is 23.9 Å². The number of imidazole rings is 1. The summed E-state index contributed by atoms with van der Waals surface area (Å²) in [5.41, 5.74) is 6.77. The van der Waals surface area contributed by atoms with Crippen molar-refractivity contribution in [1.82, 2.24) is 19.1 Å². The average Bonchev–Trinajstić information content (AvgIpc) is 3.21. The van der Waals surface area contributed by atoms with Crippen LogP contribution in [0.5, 0.6) is 5.75 Å². The Hall–Kier alpha value is -3.83. The number of methoxy groups -OCH3 is 1. The molecule has 0 aliphatic carbocycles. The number of carbonyl (C=O) groups excluding carboxylic acids is 1. The number of hydrogen-bond acceptors (Lipinski definition) is 8. The highest BCUT2D eigenvalue weighted by molar-refractivity contribution is 7.99. The van der Waals surface area contributed by atoms with Crippen LogP contribution in [0.15, 0.2) is 63.3 Å². The number of rotatable bonds is 10. The number of para-hydroxylation sites is 2. The van der Waals surface area contributed by atoms with Gasteiger partial charge in [0, 0.05) is 12.8 Å². The molecule has 182 valence electrons. The van der Waals surface area contributed by atoms with Crippen LogP contribution in [-0.2, 0) is 11.3 Å². The average molecular weight is 496 g/mol. The summed E-state index contributed by atoms with van der Waals surface area (Å²) >= 11 is 1.18. The molecule has 0 fully saturated rings. The fraction of sp³-hybridized carbons (Fsp3) is 0.250. The SMILES string of the molecule is CCOc1ccc(-n2c(SCC(=O)c3c(N)n(CCOC)c(=O)[nH]c3=O)nc3ccccc32)cc1. The predicted octanol–water partition coefficient (Wildman–Crippen LogP) is 2.48. The number of aromatic nitrogens is 4. The van der Waals surface area contributed by atoms with Gasteiger partial charge < -0.3 is 15.2 Å². The topological polar surface area (TPSA) is 134 Å². The van der Waals surface area contributed by atoms with E-state index in [9.17, 15) is 14.4 Å². The Morgan fingerprint density at radius 2 is 1.89 bits per heavy atom. The van der Waals surface area contributed by atoms with Gasteiger partial charge in [0.25, 0.3) is 5.56 Å². The number of hydrogen-bond donors (Lipinski definition) is 2. The number of carbonyl (C=O) groups is 1. The van der Waals surface area contributed by atoms with E-state index >= 15 is 0 Å². The highest BCUT2D eigenvalue weighted by atomic mass is 32.2. The van der Waals surface area contributed by atoms with E-state index in [0.717, 1.165) is 27.0 Å². The van der Waals surface area contributed by atoms with Crippen molar-refractivity contribution in [2.45, 2.75) is 18.6 Å². The Balaban J connectivity index is 1.66. The van der Waals surface area contributed by atoms with Crippen molar-refractivity contribution in [2.75, 3.05) is 31.8 Å². The predicted molar refractivity (Wildman–Crippen MR) is 135 cm³/mol. The van der Waals surface area contributed by atoms with Crippen LogP contribution in [0.3, 0.4) is 0 Å². The Bertz CT molecular complexity index is 1470. The molecule has 0 aliphatic rings. The smallest absolute Gasteiger partial charge is 0.330 e. The van der Waals surface area contributed by atoms with Crippen LogP contribution in [-0.4, -0.2) is 51.0 Å². The van der Waals surface area contributed by atoms with Gasteiger partial charge in [-0.05, 0) is 43.3 Å². The molecule has 0 saturated heterocycles. The number of anilines is 1. The van der Waals surface area contributed by atoms with Crippen LogP contribution >= 0.6 is 11.8 Å². The Labute approximate surface area is 204 Å². The van der Waals surface area contributed by atoms with Gasteiger partial charge in [0.2, 0.25) is 0 Å². The van der Waals surface area contributed by atoms with Crippen molar-refractivity contribution >= 4 is 34.4 Å². The summed E-state index contributed by atoms with van der Waals surface area (Å²) in [6.45, 7) is 2.80. The first-order chi connectivity index (χ1) is 16.9. The third-order valence-electron chi connectivity index (χ3n) is 5.31. The molecule has 0 amide bonds. The molecular weight excluding hydrogens is 470 g/mol. The van der Waals surface area contributed by atoms with Crippen LogP contribution in [0.4, 0.5) is 5.82 Å². The Morgan fingerprint density at radius 3 is 2.60 bits per heavy atom.